The molecule has 0 spiro atoms. The van der Waals surface area contributed by atoms with Gasteiger partial charge in [-0.15, -0.1) is 0 Å². The van der Waals surface area contributed by atoms with Crippen molar-refractivity contribution in [3.8, 4) is 0 Å². The third-order valence-corrected chi connectivity index (χ3v) is 4.35. The minimum atomic E-state index is -0.326. The monoisotopic (exact) mass is 329 g/mol. The van der Waals surface area contributed by atoms with Gasteiger partial charge in [0.2, 0.25) is 0 Å². The standard InChI is InChI=1S/C20H31N3O/c1-14(2)11-19(5,21)13-24-18-15(3)12-20(6,23-16(18)4)17-7-9-22-10-8-17/h7-10,12,14,23H,11,13,21H2,1-6H3. The number of nitrogens with two attached hydrogens (primary N) is 1. The van der Waals surface area contributed by atoms with Crippen LogP contribution in [0.5, 0.6) is 0 Å². The molecule has 0 aromatic carbocycles. The molecule has 1 aromatic rings. The van der Waals surface area contributed by atoms with Crippen molar-refractivity contribution in [2.24, 2.45) is 11.7 Å². The summed E-state index contributed by atoms with van der Waals surface area (Å²) in [7, 11) is 0. The Morgan fingerprint density at radius 2 is 1.92 bits per heavy atom. The maximum absolute atomic E-state index is 6.38. The van der Waals surface area contributed by atoms with Crippen molar-refractivity contribution in [1.82, 2.24) is 10.3 Å². The number of nitrogens with zero attached hydrogens (tertiary/aromatic N) is 1. The first-order valence-corrected chi connectivity index (χ1v) is 8.64. The van der Waals surface area contributed by atoms with Crippen LogP contribution in [-0.4, -0.2) is 17.1 Å². The summed E-state index contributed by atoms with van der Waals surface area (Å²) >= 11 is 0. The highest BCUT2D eigenvalue weighted by Gasteiger charge is 2.31. The van der Waals surface area contributed by atoms with Crippen LogP contribution in [0.2, 0.25) is 0 Å². The molecule has 3 N–H and O–H groups in total. The number of hydrogen-bond acceptors (Lipinski definition) is 4. The Kier molecular flexibility index (Phi) is 5.38. The molecule has 2 atom stereocenters. The molecule has 132 valence electrons. The van der Waals surface area contributed by atoms with Gasteiger partial charge in [0.05, 0.1) is 11.2 Å². The van der Waals surface area contributed by atoms with Crippen LogP contribution in [0.25, 0.3) is 0 Å². The van der Waals surface area contributed by atoms with Crippen LogP contribution < -0.4 is 11.1 Å². The van der Waals surface area contributed by atoms with Crippen LogP contribution in [0, 0.1) is 5.92 Å². The molecule has 0 amide bonds. The first kappa shape index (κ1) is 18.5. The maximum atomic E-state index is 6.38. The quantitative estimate of drug-likeness (QED) is 0.832. The summed E-state index contributed by atoms with van der Waals surface area (Å²) in [5.74, 6) is 1.46. The summed E-state index contributed by atoms with van der Waals surface area (Å²) in [4.78, 5) is 4.11. The van der Waals surface area contributed by atoms with Gasteiger partial charge in [-0.1, -0.05) is 13.8 Å². The van der Waals surface area contributed by atoms with Gasteiger partial charge in [0.15, 0.2) is 0 Å². The van der Waals surface area contributed by atoms with Gasteiger partial charge in [-0.05, 0) is 69.4 Å². The van der Waals surface area contributed by atoms with Gasteiger partial charge in [0, 0.05) is 17.9 Å². The van der Waals surface area contributed by atoms with E-state index in [1.807, 2.05) is 24.5 Å². The molecular formula is C20H31N3O. The minimum absolute atomic E-state index is 0.256. The van der Waals surface area contributed by atoms with E-state index in [1.54, 1.807) is 0 Å². The van der Waals surface area contributed by atoms with Crippen molar-refractivity contribution in [3.05, 3.63) is 53.2 Å². The predicted octanol–water partition coefficient (Wildman–Crippen LogP) is 3.86. The second kappa shape index (κ2) is 6.98. The van der Waals surface area contributed by atoms with Crippen LogP contribution in [-0.2, 0) is 10.3 Å². The number of pyridine rings is 1. The van der Waals surface area contributed by atoms with E-state index in [9.17, 15) is 0 Å². The van der Waals surface area contributed by atoms with Crippen molar-refractivity contribution < 1.29 is 4.74 Å². The summed E-state index contributed by atoms with van der Waals surface area (Å²) in [5, 5.41) is 3.58. The van der Waals surface area contributed by atoms with Crippen LogP contribution in [0.4, 0.5) is 0 Å². The van der Waals surface area contributed by atoms with E-state index in [0.717, 1.165) is 23.5 Å². The molecule has 2 heterocycles. The highest BCUT2D eigenvalue weighted by molar-refractivity contribution is 5.41. The van der Waals surface area contributed by atoms with E-state index in [-0.39, 0.29) is 11.1 Å². The average molecular weight is 329 g/mol. The fourth-order valence-electron chi connectivity index (χ4n) is 3.58. The molecule has 0 saturated heterocycles. The maximum Gasteiger partial charge on any atom is 0.140 e. The van der Waals surface area contributed by atoms with E-state index in [2.05, 4.69) is 57.9 Å². The smallest absolute Gasteiger partial charge is 0.140 e. The van der Waals surface area contributed by atoms with Crippen LogP contribution in [0.3, 0.4) is 0 Å². The first-order valence-electron chi connectivity index (χ1n) is 8.64. The lowest BCUT2D eigenvalue weighted by molar-refractivity contribution is 0.138. The van der Waals surface area contributed by atoms with Gasteiger partial charge in [0.25, 0.3) is 0 Å². The molecule has 1 aliphatic rings. The molecule has 0 bridgehead atoms. The predicted molar refractivity (Wildman–Crippen MR) is 99.2 cm³/mol. The molecule has 24 heavy (non-hydrogen) atoms. The first-order chi connectivity index (χ1) is 11.1. The van der Waals surface area contributed by atoms with Crippen molar-refractivity contribution in [3.63, 3.8) is 0 Å². The Balaban J connectivity index is 2.14. The van der Waals surface area contributed by atoms with Gasteiger partial charge >= 0.3 is 0 Å². The van der Waals surface area contributed by atoms with Crippen molar-refractivity contribution >= 4 is 0 Å². The zero-order chi connectivity index (χ0) is 18.0. The van der Waals surface area contributed by atoms with Crippen molar-refractivity contribution in [2.75, 3.05) is 6.61 Å². The fraction of sp³-hybridized carbons (Fsp3) is 0.550. The Morgan fingerprint density at radius 3 is 2.46 bits per heavy atom. The summed E-state index contributed by atoms with van der Waals surface area (Å²) in [5.41, 5.74) is 9.14. The molecule has 2 unspecified atom stereocenters. The van der Waals surface area contributed by atoms with Gasteiger partial charge in [-0.25, -0.2) is 0 Å². The summed E-state index contributed by atoms with van der Waals surface area (Å²) in [6, 6.07) is 4.07. The fourth-order valence-corrected chi connectivity index (χ4v) is 3.58. The molecular weight excluding hydrogens is 298 g/mol. The molecule has 1 aliphatic heterocycles. The van der Waals surface area contributed by atoms with E-state index in [4.69, 9.17) is 10.5 Å². The zero-order valence-corrected chi connectivity index (χ0v) is 15.8. The van der Waals surface area contributed by atoms with Crippen molar-refractivity contribution in [2.45, 2.75) is 59.0 Å². The third kappa shape index (κ3) is 4.38. The van der Waals surface area contributed by atoms with E-state index >= 15 is 0 Å². The topological polar surface area (TPSA) is 60.2 Å². The third-order valence-electron chi connectivity index (χ3n) is 4.35. The van der Waals surface area contributed by atoms with Gasteiger partial charge in [-0.2, -0.15) is 0 Å². The molecule has 1 aromatic heterocycles. The van der Waals surface area contributed by atoms with Gasteiger partial charge in [-0.3, -0.25) is 4.98 Å². The molecule has 4 heteroatoms. The lowest BCUT2D eigenvalue weighted by Gasteiger charge is -2.36. The molecule has 0 aliphatic carbocycles. The lowest BCUT2D eigenvalue weighted by atomic mass is 9.87. The van der Waals surface area contributed by atoms with Crippen LogP contribution in [0.1, 0.15) is 53.5 Å². The van der Waals surface area contributed by atoms with Crippen LogP contribution in [0.15, 0.2) is 47.6 Å². The molecule has 4 nitrogen and oxygen atoms in total. The lowest BCUT2D eigenvalue weighted by Crippen LogP contribution is -2.44. The number of hydrogen-bond donors (Lipinski definition) is 2. The summed E-state index contributed by atoms with van der Waals surface area (Å²) in [6.45, 7) is 13.2. The van der Waals surface area contributed by atoms with E-state index < -0.39 is 0 Å². The molecule has 0 fully saturated rings. The van der Waals surface area contributed by atoms with Gasteiger partial charge < -0.3 is 15.8 Å². The highest BCUT2D eigenvalue weighted by Crippen LogP contribution is 2.32. The zero-order valence-electron chi connectivity index (χ0n) is 15.8. The Labute approximate surface area is 146 Å². The summed E-state index contributed by atoms with van der Waals surface area (Å²) in [6.07, 6.45) is 6.79. The number of aromatic nitrogens is 1. The van der Waals surface area contributed by atoms with Crippen LogP contribution >= 0.6 is 0 Å². The second-order valence-electron chi connectivity index (χ2n) is 7.89. The SMILES string of the molecule is CC1=CC(C)(c2ccncc2)NC(C)=C1OCC(C)(N)CC(C)C. The Bertz CT molecular complexity index is 632. The minimum Gasteiger partial charge on any atom is -0.490 e. The number of dihydropyridines is 1. The second-order valence-corrected chi connectivity index (χ2v) is 7.89. The molecule has 0 saturated carbocycles. The Morgan fingerprint density at radius 1 is 1.29 bits per heavy atom. The number of allylic oxidation sites excluding steroid dienone is 2. The number of nitrogens with one attached hydrogen (secondary N) is 1. The van der Waals surface area contributed by atoms with E-state index in [0.29, 0.717) is 12.5 Å². The highest BCUT2D eigenvalue weighted by atomic mass is 16.5. The van der Waals surface area contributed by atoms with E-state index in [1.165, 1.54) is 5.56 Å². The Hall–Kier alpha value is -1.81. The summed E-state index contributed by atoms with van der Waals surface area (Å²) < 4.78 is 6.11. The number of rotatable bonds is 6. The van der Waals surface area contributed by atoms with Gasteiger partial charge in [0.1, 0.15) is 12.4 Å². The van der Waals surface area contributed by atoms with Crippen molar-refractivity contribution in [1.29, 1.82) is 0 Å². The largest absolute Gasteiger partial charge is 0.490 e. The normalized spacial score (nSPS) is 23.6. The molecule has 2 rings (SSSR count). The average Bonchev–Trinajstić information content (AvgIpc) is 2.45. The number of ether oxygens (including phenoxy) is 1. The molecule has 0 radical (unpaired) electrons.